The molecule has 0 bridgehead atoms. The zero-order chi connectivity index (χ0) is 24.5. The van der Waals surface area contributed by atoms with E-state index in [2.05, 4.69) is 10.1 Å². The van der Waals surface area contributed by atoms with Crippen molar-refractivity contribution in [2.24, 2.45) is 0 Å². The van der Waals surface area contributed by atoms with E-state index in [1.54, 1.807) is 6.92 Å². The third-order valence-corrected chi connectivity index (χ3v) is 5.77. The summed E-state index contributed by atoms with van der Waals surface area (Å²) in [6.07, 6.45) is 0.569. The normalized spacial score (nSPS) is 20.9. The molecule has 0 spiro atoms. The molecule has 1 amide bonds. The highest BCUT2D eigenvalue weighted by molar-refractivity contribution is 5.92. The van der Waals surface area contributed by atoms with Crippen molar-refractivity contribution >= 4 is 12.0 Å². The Morgan fingerprint density at radius 2 is 2.03 bits per heavy atom. The molecule has 0 saturated carbocycles. The molecule has 4 rings (SSSR count). The molecule has 3 aromatic rings. The summed E-state index contributed by atoms with van der Waals surface area (Å²) in [5, 5.41) is 4.03. The number of rotatable bonds is 5. The maximum absolute atomic E-state index is 14.8. The molecule has 34 heavy (non-hydrogen) atoms. The van der Waals surface area contributed by atoms with Gasteiger partial charge in [-0.25, -0.2) is 18.4 Å². The Balaban J connectivity index is 1.62. The monoisotopic (exact) mass is 478 g/mol. The van der Waals surface area contributed by atoms with Crippen LogP contribution in [0.5, 0.6) is 0 Å². The first-order valence-corrected chi connectivity index (χ1v) is 10.2. The number of carbonyl (C=O) groups is 1. The summed E-state index contributed by atoms with van der Waals surface area (Å²) in [6, 6.07) is 6.88. The summed E-state index contributed by atoms with van der Waals surface area (Å²) in [5.41, 5.74) is -2.02. The number of halogens is 5. The third kappa shape index (κ3) is 4.56. The predicted octanol–water partition coefficient (Wildman–Crippen LogP) is 4.39. The van der Waals surface area contributed by atoms with Crippen molar-refractivity contribution in [1.82, 2.24) is 19.7 Å². The fraction of sp³-hybridized carbons (Fsp3) is 0.261. The second-order valence-electron chi connectivity index (χ2n) is 7.82. The van der Waals surface area contributed by atoms with Gasteiger partial charge in [0.2, 0.25) is 5.91 Å². The van der Waals surface area contributed by atoms with E-state index in [9.17, 15) is 26.7 Å². The number of amides is 1. The molecule has 2 heterocycles. The number of nitrogens with zero attached hydrogens (tertiary/aromatic N) is 4. The van der Waals surface area contributed by atoms with Gasteiger partial charge < -0.3 is 9.64 Å². The second-order valence-corrected chi connectivity index (χ2v) is 7.82. The second kappa shape index (κ2) is 8.98. The minimum Gasteiger partial charge on any atom is -0.346 e. The Morgan fingerprint density at radius 3 is 2.71 bits per heavy atom. The van der Waals surface area contributed by atoms with Crippen LogP contribution >= 0.6 is 0 Å². The summed E-state index contributed by atoms with van der Waals surface area (Å²) in [6.45, 7) is 1.40. The van der Waals surface area contributed by atoms with Crippen molar-refractivity contribution in [2.75, 3.05) is 6.73 Å². The summed E-state index contributed by atoms with van der Waals surface area (Å²) in [4.78, 5) is 18.1. The quantitative estimate of drug-likeness (QED) is 0.403. The maximum atomic E-state index is 14.8. The molecule has 1 aliphatic heterocycles. The van der Waals surface area contributed by atoms with Gasteiger partial charge in [-0.1, -0.05) is 18.2 Å². The van der Waals surface area contributed by atoms with Gasteiger partial charge in [0, 0.05) is 17.7 Å². The van der Waals surface area contributed by atoms with Crippen molar-refractivity contribution < 1.29 is 31.5 Å². The molecule has 2 atom stereocenters. The van der Waals surface area contributed by atoms with E-state index >= 15 is 0 Å². The van der Waals surface area contributed by atoms with Crippen LogP contribution in [0, 0.1) is 11.6 Å². The van der Waals surface area contributed by atoms with E-state index in [0.717, 1.165) is 30.3 Å². The first-order chi connectivity index (χ1) is 16.1. The average Bonchev–Trinajstić information content (AvgIpc) is 3.40. The number of hydrogen-bond acceptors (Lipinski definition) is 4. The Kier molecular flexibility index (Phi) is 6.22. The maximum Gasteiger partial charge on any atom is 0.416 e. The lowest BCUT2D eigenvalue weighted by Crippen LogP contribution is -2.46. The Bertz CT molecular complexity index is 1210. The standard InChI is InChI=1S/C23H19F5N4O2/c1-15-22(11-31-13-29-12-30-31,19-7-6-18(24)10-20(19)25)34-14-32(15)21(33)8-5-16-3-2-4-17(9-16)23(26,27)28/h2-10,12-13,15H,11,14H2,1H3/t15?,22-/m1/s1. The first kappa shape index (κ1) is 23.6. The summed E-state index contributed by atoms with van der Waals surface area (Å²) in [7, 11) is 0. The van der Waals surface area contributed by atoms with Gasteiger partial charge in [-0.15, -0.1) is 0 Å². The molecule has 11 heteroatoms. The van der Waals surface area contributed by atoms with Crippen molar-refractivity contribution in [2.45, 2.75) is 31.3 Å². The van der Waals surface area contributed by atoms with Crippen molar-refractivity contribution in [3.05, 3.63) is 89.5 Å². The van der Waals surface area contributed by atoms with Crippen LogP contribution in [0.1, 0.15) is 23.6 Å². The Hall–Kier alpha value is -3.60. The zero-order valence-corrected chi connectivity index (χ0v) is 17.8. The SMILES string of the molecule is CC1N(C(=O)C=Cc2cccc(C(F)(F)F)c2)CO[C@@]1(Cn1cncn1)c1ccc(F)cc1F. The van der Waals surface area contributed by atoms with Crippen LogP contribution in [0.4, 0.5) is 22.0 Å². The minimum absolute atomic E-state index is 0.0160. The van der Waals surface area contributed by atoms with E-state index in [4.69, 9.17) is 4.74 Å². The van der Waals surface area contributed by atoms with Crippen LogP contribution in [0.15, 0.2) is 61.2 Å². The number of ether oxygens (including phenoxy) is 1. The fourth-order valence-electron chi connectivity index (χ4n) is 3.96. The van der Waals surface area contributed by atoms with Crippen LogP contribution < -0.4 is 0 Å². The molecule has 6 nitrogen and oxygen atoms in total. The number of hydrogen-bond donors (Lipinski definition) is 0. The van der Waals surface area contributed by atoms with Crippen molar-refractivity contribution in [1.29, 1.82) is 0 Å². The highest BCUT2D eigenvalue weighted by Gasteiger charge is 2.51. The fourth-order valence-corrected chi connectivity index (χ4v) is 3.96. The lowest BCUT2D eigenvalue weighted by atomic mass is 9.86. The summed E-state index contributed by atoms with van der Waals surface area (Å²) < 4.78 is 74.5. The van der Waals surface area contributed by atoms with E-state index < -0.39 is 40.9 Å². The molecule has 0 N–H and O–H groups in total. The van der Waals surface area contributed by atoms with E-state index in [-0.39, 0.29) is 24.4 Å². The topological polar surface area (TPSA) is 60.2 Å². The van der Waals surface area contributed by atoms with Crippen molar-refractivity contribution in [3.63, 3.8) is 0 Å². The van der Waals surface area contributed by atoms with E-state index in [0.29, 0.717) is 0 Å². The number of alkyl halides is 3. The molecule has 1 unspecified atom stereocenters. The lowest BCUT2D eigenvalue weighted by Gasteiger charge is -2.34. The van der Waals surface area contributed by atoms with Crippen LogP contribution in [-0.4, -0.2) is 38.3 Å². The highest BCUT2D eigenvalue weighted by atomic mass is 19.4. The predicted molar refractivity (Wildman–Crippen MR) is 111 cm³/mol. The Labute approximate surface area is 191 Å². The van der Waals surface area contributed by atoms with Crippen LogP contribution in [-0.2, 0) is 27.9 Å². The number of benzene rings is 2. The molecular weight excluding hydrogens is 459 g/mol. The molecular formula is C23H19F5N4O2. The van der Waals surface area contributed by atoms with Gasteiger partial charge in [0.15, 0.2) is 0 Å². The smallest absolute Gasteiger partial charge is 0.346 e. The first-order valence-electron chi connectivity index (χ1n) is 10.2. The lowest BCUT2D eigenvalue weighted by molar-refractivity contribution is -0.137. The number of carbonyl (C=O) groups excluding carboxylic acids is 1. The van der Waals surface area contributed by atoms with Crippen molar-refractivity contribution in [3.8, 4) is 0 Å². The van der Waals surface area contributed by atoms with Gasteiger partial charge in [-0.05, 0) is 36.8 Å². The number of aromatic nitrogens is 3. The third-order valence-electron chi connectivity index (χ3n) is 5.77. The Morgan fingerprint density at radius 1 is 1.24 bits per heavy atom. The largest absolute Gasteiger partial charge is 0.416 e. The van der Waals surface area contributed by atoms with Gasteiger partial charge in [-0.3, -0.25) is 4.79 Å². The molecule has 1 saturated heterocycles. The molecule has 0 radical (unpaired) electrons. The summed E-state index contributed by atoms with van der Waals surface area (Å²) in [5.74, 6) is -2.16. The molecule has 1 aromatic heterocycles. The molecule has 2 aromatic carbocycles. The molecule has 0 aliphatic carbocycles. The summed E-state index contributed by atoms with van der Waals surface area (Å²) >= 11 is 0. The molecule has 1 aliphatic rings. The average molecular weight is 478 g/mol. The van der Waals surface area contributed by atoms with Gasteiger partial charge >= 0.3 is 6.18 Å². The van der Waals surface area contributed by atoms with Gasteiger partial charge in [0.05, 0.1) is 18.2 Å². The van der Waals surface area contributed by atoms with E-state index in [1.165, 1.54) is 46.5 Å². The highest BCUT2D eigenvalue weighted by Crippen LogP contribution is 2.41. The van der Waals surface area contributed by atoms with Crippen LogP contribution in [0.3, 0.4) is 0 Å². The molecule has 178 valence electrons. The minimum atomic E-state index is -4.51. The van der Waals surface area contributed by atoms with Gasteiger partial charge in [0.1, 0.15) is 36.6 Å². The van der Waals surface area contributed by atoms with E-state index in [1.807, 2.05) is 0 Å². The van der Waals surface area contributed by atoms with Gasteiger partial charge in [-0.2, -0.15) is 18.3 Å². The van der Waals surface area contributed by atoms with Crippen LogP contribution in [0.25, 0.3) is 6.08 Å². The van der Waals surface area contributed by atoms with Gasteiger partial charge in [0.25, 0.3) is 0 Å². The van der Waals surface area contributed by atoms with Crippen LogP contribution in [0.2, 0.25) is 0 Å². The zero-order valence-electron chi connectivity index (χ0n) is 17.8. The molecule has 1 fully saturated rings.